The maximum absolute atomic E-state index is 13.0. The fourth-order valence-corrected chi connectivity index (χ4v) is 4.39. The van der Waals surface area contributed by atoms with Gasteiger partial charge >= 0.3 is 5.97 Å². The molecule has 0 aliphatic rings. The van der Waals surface area contributed by atoms with Gasteiger partial charge in [-0.3, -0.25) is 19.7 Å². The van der Waals surface area contributed by atoms with Crippen LogP contribution in [0.25, 0.3) is 0 Å². The van der Waals surface area contributed by atoms with Gasteiger partial charge in [0.1, 0.15) is 5.00 Å². The van der Waals surface area contributed by atoms with E-state index < -0.39 is 22.7 Å². The Bertz CT molecular complexity index is 1290. The molecule has 1 heterocycles. The lowest BCUT2D eigenvalue weighted by Gasteiger charge is -2.08. The third kappa shape index (κ3) is 5.36. The number of anilines is 2. The van der Waals surface area contributed by atoms with Crippen LogP contribution in [0.3, 0.4) is 0 Å². The molecule has 0 aliphatic carbocycles. The van der Waals surface area contributed by atoms with Crippen molar-refractivity contribution in [3.63, 3.8) is 0 Å². The van der Waals surface area contributed by atoms with Crippen molar-refractivity contribution in [3.8, 4) is 0 Å². The highest BCUT2D eigenvalue weighted by Crippen LogP contribution is 2.36. The number of amides is 2. The largest absolute Gasteiger partial charge is 0.462 e. The normalized spacial score (nSPS) is 10.5. The number of non-ortho nitro benzene ring substituents is 1. The SMILES string of the molecule is CCOC(=O)c1c(NC(=O)c2ccc([N+](=O)[O-])cc2)sc(C(=O)Nc2cccc(Cl)c2Cl)c1C. The summed E-state index contributed by atoms with van der Waals surface area (Å²) >= 11 is 13.0. The van der Waals surface area contributed by atoms with Gasteiger partial charge in [-0.2, -0.15) is 0 Å². The number of hydrogen-bond acceptors (Lipinski definition) is 7. The van der Waals surface area contributed by atoms with Crippen molar-refractivity contribution in [2.75, 3.05) is 17.2 Å². The second-order valence-electron chi connectivity index (χ2n) is 6.79. The number of nitrogens with zero attached hydrogens (tertiary/aromatic N) is 1. The van der Waals surface area contributed by atoms with Crippen LogP contribution in [0.15, 0.2) is 42.5 Å². The standard InChI is InChI=1S/C22H17Cl2N3O6S/c1-3-33-22(30)16-11(2)18(20(29)25-15-6-4-5-14(23)17(15)24)34-21(16)26-19(28)12-7-9-13(10-8-12)27(31)32/h4-10H,3H2,1-2H3,(H,25,29)(H,26,28). The smallest absolute Gasteiger partial charge is 0.341 e. The van der Waals surface area contributed by atoms with E-state index in [0.29, 0.717) is 5.56 Å². The molecule has 0 radical (unpaired) electrons. The van der Waals surface area contributed by atoms with E-state index in [-0.39, 0.29) is 49.0 Å². The molecule has 3 rings (SSSR count). The zero-order valence-corrected chi connectivity index (χ0v) is 20.1. The molecule has 176 valence electrons. The minimum atomic E-state index is -0.713. The van der Waals surface area contributed by atoms with Gasteiger partial charge in [-0.05, 0) is 43.7 Å². The number of nitro groups is 1. The molecule has 0 atom stereocenters. The zero-order chi connectivity index (χ0) is 25.0. The topological polar surface area (TPSA) is 128 Å². The molecule has 2 amide bonds. The van der Waals surface area contributed by atoms with Crippen molar-refractivity contribution in [3.05, 3.63) is 84.2 Å². The van der Waals surface area contributed by atoms with E-state index in [9.17, 15) is 24.5 Å². The van der Waals surface area contributed by atoms with Crippen LogP contribution in [0.1, 0.15) is 42.9 Å². The summed E-state index contributed by atoms with van der Waals surface area (Å²) in [5, 5.41) is 16.6. The van der Waals surface area contributed by atoms with Crippen LogP contribution in [0.5, 0.6) is 0 Å². The summed E-state index contributed by atoms with van der Waals surface area (Å²) in [6.07, 6.45) is 0. The number of carbonyl (C=O) groups is 3. The molecule has 0 unspecified atom stereocenters. The highest BCUT2D eigenvalue weighted by atomic mass is 35.5. The van der Waals surface area contributed by atoms with Crippen molar-refractivity contribution in [2.24, 2.45) is 0 Å². The molecule has 0 bridgehead atoms. The van der Waals surface area contributed by atoms with E-state index in [4.69, 9.17) is 27.9 Å². The minimum Gasteiger partial charge on any atom is -0.462 e. The van der Waals surface area contributed by atoms with Gasteiger partial charge in [-0.1, -0.05) is 29.3 Å². The average Bonchev–Trinajstić information content (AvgIpc) is 3.12. The number of nitrogens with one attached hydrogen (secondary N) is 2. The number of carbonyl (C=O) groups excluding carboxylic acids is 3. The second kappa shape index (κ2) is 10.6. The Morgan fingerprint density at radius 1 is 1.06 bits per heavy atom. The second-order valence-corrected chi connectivity index (χ2v) is 8.60. The number of esters is 1. The summed E-state index contributed by atoms with van der Waals surface area (Å²) in [6.45, 7) is 3.27. The number of rotatable bonds is 7. The number of benzene rings is 2. The Morgan fingerprint density at radius 2 is 1.74 bits per heavy atom. The van der Waals surface area contributed by atoms with Gasteiger partial charge < -0.3 is 15.4 Å². The number of thiophene rings is 1. The summed E-state index contributed by atoms with van der Waals surface area (Å²) in [7, 11) is 0. The lowest BCUT2D eigenvalue weighted by atomic mass is 10.1. The van der Waals surface area contributed by atoms with E-state index in [1.807, 2.05) is 0 Å². The molecule has 2 N–H and O–H groups in total. The molecule has 0 spiro atoms. The predicted octanol–water partition coefficient (Wildman–Crippen LogP) is 5.95. The highest BCUT2D eigenvalue weighted by Gasteiger charge is 2.27. The molecule has 12 heteroatoms. The average molecular weight is 522 g/mol. The molecule has 34 heavy (non-hydrogen) atoms. The molecule has 0 aliphatic heterocycles. The van der Waals surface area contributed by atoms with Crippen LogP contribution in [0.4, 0.5) is 16.4 Å². The lowest BCUT2D eigenvalue weighted by molar-refractivity contribution is -0.384. The highest BCUT2D eigenvalue weighted by molar-refractivity contribution is 7.19. The van der Waals surface area contributed by atoms with E-state index >= 15 is 0 Å². The van der Waals surface area contributed by atoms with E-state index in [2.05, 4.69) is 10.6 Å². The van der Waals surface area contributed by atoms with Gasteiger partial charge in [0.2, 0.25) is 0 Å². The van der Waals surface area contributed by atoms with Crippen molar-refractivity contribution >= 4 is 68.7 Å². The molecule has 2 aromatic carbocycles. The van der Waals surface area contributed by atoms with Crippen molar-refractivity contribution in [1.29, 1.82) is 0 Å². The van der Waals surface area contributed by atoms with Crippen LogP contribution in [0, 0.1) is 17.0 Å². The Kier molecular flexibility index (Phi) is 7.87. The lowest BCUT2D eigenvalue weighted by Crippen LogP contribution is -2.15. The zero-order valence-electron chi connectivity index (χ0n) is 17.8. The summed E-state index contributed by atoms with van der Waals surface area (Å²) in [5.74, 6) is -1.89. The molecule has 1 aromatic heterocycles. The molecule has 0 saturated carbocycles. The molecule has 3 aromatic rings. The molecule has 0 fully saturated rings. The Morgan fingerprint density at radius 3 is 2.35 bits per heavy atom. The fourth-order valence-electron chi connectivity index (χ4n) is 2.96. The third-order valence-electron chi connectivity index (χ3n) is 4.60. The van der Waals surface area contributed by atoms with Crippen molar-refractivity contribution in [1.82, 2.24) is 0 Å². The maximum atomic E-state index is 13.0. The number of ether oxygens (including phenoxy) is 1. The monoisotopic (exact) mass is 521 g/mol. The van der Waals surface area contributed by atoms with E-state index in [1.54, 1.807) is 32.0 Å². The molecule has 9 nitrogen and oxygen atoms in total. The third-order valence-corrected chi connectivity index (χ3v) is 6.62. The fraction of sp³-hybridized carbons (Fsp3) is 0.136. The van der Waals surface area contributed by atoms with E-state index in [0.717, 1.165) is 11.3 Å². The van der Waals surface area contributed by atoms with Crippen LogP contribution in [0.2, 0.25) is 10.0 Å². The first-order valence-corrected chi connectivity index (χ1v) is 11.3. The first-order chi connectivity index (χ1) is 16.1. The number of nitro benzene ring substituents is 1. The Balaban J connectivity index is 1.94. The Hall–Kier alpha value is -3.47. The van der Waals surface area contributed by atoms with Gasteiger partial charge in [0, 0.05) is 17.7 Å². The van der Waals surface area contributed by atoms with Crippen LogP contribution >= 0.6 is 34.5 Å². The first kappa shape index (κ1) is 25.2. The summed E-state index contributed by atoms with van der Waals surface area (Å²) < 4.78 is 5.10. The molecule has 0 saturated heterocycles. The predicted molar refractivity (Wildman–Crippen MR) is 130 cm³/mol. The van der Waals surface area contributed by atoms with E-state index in [1.165, 1.54) is 24.3 Å². The van der Waals surface area contributed by atoms with Gasteiger partial charge in [-0.15, -0.1) is 11.3 Å². The van der Waals surface area contributed by atoms with Crippen molar-refractivity contribution in [2.45, 2.75) is 13.8 Å². The van der Waals surface area contributed by atoms with Crippen LogP contribution in [-0.2, 0) is 4.74 Å². The summed E-state index contributed by atoms with van der Waals surface area (Å²) in [5.41, 5.74) is 0.571. The first-order valence-electron chi connectivity index (χ1n) is 9.75. The Labute approximate surface area is 207 Å². The van der Waals surface area contributed by atoms with Gasteiger partial charge in [0.25, 0.3) is 17.5 Å². The molecular formula is C22H17Cl2N3O6S. The van der Waals surface area contributed by atoms with Crippen LogP contribution in [-0.4, -0.2) is 29.3 Å². The van der Waals surface area contributed by atoms with Crippen LogP contribution < -0.4 is 10.6 Å². The number of hydrogen-bond donors (Lipinski definition) is 2. The summed E-state index contributed by atoms with van der Waals surface area (Å²) in [4.78, 5) is 48.7. The van der Waals surface area contributed by atoms with Gasteiger partial charge in [0.05, 0.1) is 37.7 Å². The van der Waals surface area contributed by atoms with Crippen molar-refractivity contribution < 1.29 is 24.0 Å². The minimum absolute atomic E-state index is 0.0319. The summed E-state index contributed by atoms with van der Waals surface area (Å²) in [6, 6.07) is 9.70. The van der Waals surface area contributed by atoms with Gasteiger partial charge in [0.15, 0.2) is 0 Å². The maximum Gasteiger partial charge on any atom is 0.341 e. The number of halogens is 2. The molecular weight excluding hydrogens is 505 g/mol. The quantitative estimate of drug-likeness (QED) is 0.224. The van der Waals surface area contributed by atoms with Gasteiger partial charge in [-0.25, -0.2) is 4.79 Å².